The molecular weight excluding hydrogens is 192 g/mol. The first-order valence-corrected chi connectivity index (χ1v) is 6.26. The van der Waals surface area contributed by atoms with Gasteiger partial charge in [-0.05, 0) is 50.9 Å². The Kier molecular flexibility index (Phi) is 4.42. The van der Waals surface area contributed by atoms with E-state index in [1.54, 1.807) is 0 Å². The summed E-state index contributed by atoms with van der Waals surface area (Å²) in [6.45, 7) is 1.67. The molecule has 3 nitrogen and oxygen atoms in total. The van der Waals surface area contributed by atoms with E-state index in [9.17, 15) is 5.11 Å². The molecule has 1 heterocycles. The van der Waals surface area contributed by atoms with Gasteiger partial charge in [0.05, 0.1) is 12.7 Å². The largest absolute Gasteiger partial charge is 0.393 e. The summed E-state index contributed by atoms with van der Waals surface area (Å²) in [5.74, 6) is 0.638. The molecule has 1 aliphatic heterocycles. The smallest absolute Gasteiger partial charge is 0.157 e. The number of rotatable bonds is 3. The highest BCUT2D eigenvalue weighted by Gasteiger charge is 2.21. The lowest BCUT2D eigenvalue weighted by Gasteiger charge is -2.28. The molecule has 0 aromatic heterocycles. The molecule has 1 aliphatic carbocycles. The Morgan fingerprint density at radius 1 is 1.07 bits per heavy atom. The predicted octanol–water partition coefficient (Wildman–Crippen LogP) is 2.08. The molecule has 0 aromatic rings. The minimum absolute atomic E-state index is 0.0469. The molecule has 0 bridgehead atoms. The van der Waals surface area contributed by atoms with Gasteiger partial charge in [0.1, 0.15) is 0 Å². The van der Waals surface area contributed by atoms with Gasteiger partial charge in [-0.1, -0.05) is 0 Å². The third-order valence-electron chi connectivity index (χ3n) is 3.47. The van der Waals surface area contributed by atoms with Crippen LogP contribution in [0.2, 0.25) is 0 Å². The summed E-state index contributed by atoms with van der Waals surface area (Å²) in [6.07, 6.45) is 7.54. The van der Waals surface area contributed by atoms with Crippen LogP contribution in [-0.2, 0) is 9.47 Å². The zero-order chi connectivity index (χ0) is 10.5. The molecule has 0 aromatic carbocycles. The average molecular weight is 214 g/mol. The number of hydrogen-bond acceptors (Lipinski definition) is 3. The molecule has 0 spiro atoms. The molecule has 1 N–H and O–H groups in total. The Morgan fingerprint density at radius 3 is 2.53 bits per heavy atom. The van der Waals surface area contributed by atoms with Crippen molar-refractivity contribution in [2.24, 2.45) is 5.92 Å². The van der Waals surface area contributed by atoms with Crippen LogP contribution in [0.15, 0.2) is 0 Å². The second kappa shape index (κ2) is 5.83. The third kappa shape index (κ3) is 3.74. The van der Waals surface area contributed by atoms with Crippen molar-refractivity contribution in [1.82, 2.24) is 0 Å². The van der Waals surface area contributed by atoms with Gasteiger partial charge in [-0.15, -0.1) is 0 Å². The van der Waals surface area contributed by atoms with Crippen molar-refractivity contribution >= 4 is 0 Å². The van der Waals surface area contributed by atoms with Gasteiger partial charge in [-0.2, -0.15) is 0 Å². The molecule has 15 heavy (non-hydrogen) atoms. The van der Waals surface area contributed by atoms with Crippen molar-refractivity contribution in [3.63, 3.8) is 0 Å². The van der Waals surface area contributed by atoms with Crippen molar-refractivity contribution in [2.75, 3.05) is 13.2 Å². The molecule has 2 rings (SSSR count). The van der Waals surface area contributed by atoms with Crippen LogP contribution in [0.25, 0.3) is 0 Å². The lowest BCUT2D eigenvalue weighted by Crippen LogP contribution is -2.27. The average Bonchev–Trinajstić information content (AvgIpc) is 2.30. The Balaban J connectivity index is 1.60. The first-order chi connectivity index (χ1) is 7.34. The van der Waals surface area contributed by atoms with E-state index in [1.165, 1.54) is 12.8 Å². The van der Waals surface area contributed by atoms with Crippen LogP contribution in [0.3, 0.4) is 0 Å². The molecule has 1 unspecified atom stereocenters. The summed E-state index contributed by atoms with van der Waals surface area (Å²) < 4.78 is 11.3. The molecule has 88 valence electrons. The van der Waals surface area contributed by atoms with E-state index in [-0.39, 0.29) is 12.4 Å². The van der Waals surface area contributed by atoms with Crippen molar-refractivity contribution in [2.45, 2.75) is 57.3 Å². The van der Waals surface area contributed by atoms with E-state index in [0.717, 1.165) is 45.3 Å². The maximum Gasteiger partial charge on any atom is 0.157 e. The van der Waals surface area contributed by atoms with Gasteiger partial charge in [0, 0.05) is 6.61 Å². The Bertz CT molecular complexity index is 170. The monoisotopic (exact) mass is 214 g/mol. The molecular formula is C12H22O3. The van der Waals surface area contributed by atoms with Crippen LogP contribution in [0, 0.1) is 5.92 Å². The topological polar surface area (TPSA) is 38.7 Å². The van der Waals surface area contributed by atoms with Gasteiger partial charge in [0.15, 0.2) is 6.29 Å². The minimum Gasteiger partial charge on any atom is -0.393 e. The van der Waals surface area contributed by atoms with Gasteiger partial charge >= 0.3 is 0 Å². The number of aliphatic hydroxyl groups is 1. The second-order valence-electron chi connectivity index (χ2n) is 4.80. The zero-order valence-electron chi connectivity index (χ0n) is 9.36. The Morgan fingerprint density at radius 2 is 1.87 bits per heavy atom. The fourth-order valence-electron chi connectivity index (χ4n) is 2.40. The molecule has 1 saturated heterocycles. The molecule has 0 radical (unpaired) electrons. The van der Waals surface area contributed by atoms with E-state index < -0.39 is 0 Å². The van der Waals surface area contributed by atoms with Crippen LogP contribution in [0.1, 0.15) is 44.9 Å². The summed E-state index contributed by atoms with van der Waals surface area (Å²) in [7, 11) is 0. The third-order valence-corrected chi connectivity index (χ3v) is 3.47. The number of ether oxygens (including phenoxy) is 2. The van der Waals surface area contributed by atoms with Crippen LogP contribution < -0.4 is 0 Å². The number of hydrogen-bond donors (Lipinski definition) is 1. The fraction of sp³-hybridized carbons (Fsp3) is 1.00. The first kappa shape index (κ1) is 11.4. The first-order valence-electron chi connectivity index (χ1n) is 6.26. The summed E-state index contributed by atoms with van der Waals surface area (Å²) >= 11 is 0. The van der Waals surface area contributed by atoms with E-state index in [2.05, 4.69) is 0 Å². The van der Waals surface area contributed by atoms with E-state index in [4.69, 9.17) is 9.47 Å². The van der Waals surface area contributed by atoms with Gasteiger partial charge in [0.2, 0.25) is 0 Å². The molecule has 3 heteroatoms. The lowest BCUT2D eigenvalue weighted by atomic mass is 9.88. The predicted molar refractivity (Wildman–Crippen MR) is 57.5 cm³/mol. The second-order valence-corrected chi connectivity index (χ2v) is 4.80. The Labute approximate surface area is 91.8 Å². The van der Waals surface area contributed by atoms with Crippen LogP contribution >= 0.6 is 0 Å². The highest BCUT2D eigenvalue weighted by Crippen LogP contribution is 2.25. The van der Waals surface area contributed by atoms with Gasteiger partial charge in [0.25, 0.3) is 0 Å². The summed E-state index contributed by atoms with van der Waals surface area (Å²) in [6, 6.07) is 0. The zero-order valence-corrected chi connectivity index (χ0v) is 9.36. The van der Waals surface area contributed by atoms with Crippen molar-refractivity contribution in [1.29, 1.82) is 0 Å². The molecule has 2 aliphatic rings. The minimum atomic E-state index is -0.0628. The summed E-state index contributed by atoms with van der Waals surface area (Å²) in [5.41, 5.74) is 0. The SMILES string of the molecule is OC1CCC(COC2CCCCO2)CC1. The van der Waals surface area contributed by atoms with Crippen LogP contribution in [0.5, 0.6) is 0 Å². The molecule has 2 fully saturated rings. The van der Waals surface area contributed by atoms with Crippen LogP contribution in [-0.4, -0.2) is 30.7 Å². The van der Waals surface area contributed by atoms with Crippen molar-refractivity contribution in [3.05, 3.63) is 0 Å². The van der Waals surface area contributed by atoms with E-state index >= 15 is 0 Å². The van der Waals surface area contributed by atoms with Crippen molar-refractivity contribution in [3.8, 4) is 0 Å². The van der Waals surface area contributed by atoms with E-state index in [0.29, 0.717) is 5.92 Å². The normalized spacial score (nSPS) is 37.8. The summed E-state index contributed by atoms with van der Waals surface area (Å²) in [4.78, 5) is 0. The lowest BCUT2D eigenvalue weighted by molar-refractivity contribution is -0.171. The highest BCUT2D eigenvalue weighted by atomic mass is 16.7. The van der Waals surface area contributed by atoms with Gasteiger partial charge in [-0.3, -0.25) is 0 Å². The maximum absolute atomic E-state index is 9.38. The number of aliphatic hydroxyl groups excluding tert-OH is 1. The molecule has 0 amide bonds. The highest BCUT2D eigenvalue weighted by molar-refractivity contribution is 4.71. The standard InChI is InChI=1S/C12H22O3/c13-11-6-4-10(5-7-11)9-15-12-3-1-2-8-14-12/h10-13H,1-9H2. The van der Waals surface area contributed by atoms with Crippen molar-refractivity contribution < 1.29 is 14.6 Å². The van der Waals surface area contributed by atoms with E-state index in [1.807, 2.05) is 0 Å². The van der Waals surface area contributed by atoms with Crippen LogP contribution in [0.4, 0.5) is 0 Å². The molecule has 1 saturated carbocycles. The van der Waals surface area contributed by atoms with Gasteiger partial charge < -0.3 is 14.6 Å². The fourth-order valence-corrected chi connectivity index (χ4v) is 2.40. The van der Waals surface area contributed by atoms with Gasteiger partial charge in [-0.25, -0.2) is 0 Å². The quantitative estimate of drug-likeness (QED) is 0.781. The summed E-state index contributed by atoms with van der Waals surface area (Å²) in [5, 5.41) is 9.38. The Hall–Kier alpha value is -0.120. The maximum atomic E-state index is 9.38. The molecule has 1 atom stereocenters.